The van der Waals surface area contributed by atoms with E-state index in [1.165, 1.54) is 36.4 Å². The molecule has 43 heavy (non-hydrogen) atoms. The van der Waals surface area contributed by atoms with Crippen molar-refractivity contribution >= 4 is 87.1 Å². The summed E-state index contributed by atoms with van der Waals surface area (Å²) in [6.45, 7) is 0. The van der Waals surface area contributed by atoms with Gasteiger partial charge in [0.2, 0.25) is 14.7 Å². The minimum atomic E-state index is -3.45. The van der Waals surface area contributed by atoms with Crippen LogP contribution in [0.1, 0.15) is 20.7 Å². The van der Waals surface area contributed by atoms with E-state index in [0.717, 1.165) is 4.48 Å². The standard InChI is InChI=1S/C12H8O2S.2C7H5ClO2.C6H4Br.Bi/c13-15(14,11-7-3-1-4-8-11)12-9-5-2-6-10-12;2*8-6-3-1-2-5(4-6)7(9)10;7-6-4-2-1-3-5-6;/h1-7,9H;2*1-4H,(H,9,10);2-5H;/q;;;;+2/p-2. The second kappa shape index (κ2) is 19.9. The number of aromatic carboxylic acids is 2. The first-order valence-corrected chi connectivity index (χ1v) is 14.8. The van der Waals surface area contributed by atoms with Crippen LogP contribution in [-0.4, -0.2) is 46.6 Å². The molecule has 4 radical (unpaired) electrons. The number of halogens is 3. The van der Waals surface area contributed by atoms with Crippen molar-refractivity contribution in [1.29, 1.82) is 0 Å². The molecule has 0 heterocycles. The van der Waals surface area contributed by atoms with Crippen molar-refractivity contribution in [3.05, 3.63) is 175 Å². The third kappa shape index (κ3) is 14.2. The average Bonchev–Trinajstić information content (AvgIpc) is 2.99. The summed E-state index contributed by atoms with van der Waals surface area (Å²) in [6.07, 6.45) is 23.3. The molecule has 6 nitrogen and oxygen atoms in total. The smallest absolute Gasteiger partial charge is 0.545 e. The molecule has 0 amide bonds. The zero-order valence-corrected chi connectivity index (χ0v) is 29.4. The van der Waals surface area contributed by atoms with Crippen LogP contribution in [0.25, 0.3) is 0 Å². The molecule has 0 aromatic heterocycles. The van der Waals surface area contributed by atoms with Gasteiger partial charge in [0.15, 0.2) is 0 Å². The van der Waals surface area contributed by atoms with Gasteiger partial charge in [-0.05, 0) is 58.5 Å². The first-order chi connectivity index (χ1) is 20.0. The number of sulfone groups is 1. The molecule has 0 bridgehead atoms. The SMILES string of the molecule is BrC1=CC=C=C[CH]1.O=C([O-])c1cccc(Cl)c1.O=C([O-])c1cccc(Cl)c1.O=S(=O)(C1=C=C[CH-]C=C1)C1=CC=CC=[C+]1.[Bi+2]. The summed E-state index contributed by atoms with van der Waals surface area (Å²) in [6, 6.07) is 11.9. The van der Waals surface area contributed by atoms with Crippen LogP contribution in [0, 0.1) is 18.9 Å². The van der Waals surface area contributed by atoms with Gasteiger partial charge in [-0.2, -0.15) is 12.5 Å². The molecule has 3 aliphatic rings. The summed E-state index contributed by atoms with van der Waals surface area (Å²) in [4.78, 5) is 20.7. The number of carboxylic acid groups (broad SMARTS) is 2. The molecular formula is C32H20BiBrCl2O6S. The number of carbonyl (C=O) groups is 2. The van der Waals surface area contributed by atoms with Gasteiger partial charge < -0.3 is 19.8 Å². The number of hydrogen-bond acceptors (Lipinski definition) is 6. The van der Waals surface area contributed by atoms with Crippen LogP contribution in [0.2, 0.25) is 10.0 Å². The van der Waals surface area contributed by atoms with Gasteiger partial charge in [0.1, 0.15) is 6.08 Å². The number of hydrogen-bond donors (Lipinski definition) is 0. The van der Waals surface area contributed by atoms with E-state index < -0.39 is 21.8 Å². The Kier molecular flexibility index (Phi) is 17.5. The van der Waals surface area contributed by atoms with Crippen LogP contribution < -0.4 is 10.2 Å². The van der Waals surface area contributed by atoms with Crippen LogP contribution in [0.3, 0.4) is 0 Å². The van der Waals surface area contributed by atoms with Gasteiger partial charge in [-0.3, -0.25) is 5.73 Å². The van der Waals surface area contributed by atoms with Gasteiger partial charge >= 0.3 is 26.2 Å². The third-order valence-corrected chi connectivity index (χ3v) is 7.40. The summed E-state index contributed by atoms with van der Waals surface area (Å²) in [5, 5.41) is 21.2. The van der Waals surface area contributed by atoms with E-state index in [2.05, 4.69) is 33.5 Å². The van der Waals surface area contributed by atoms with E-state index in [-0.39, 0.29) is 47.1 Å². The molecule has 0 atom stereocenters. The molecule has 0 fully saturated rings. The molecule has 0 unspecified atom stereocenters. The van der Waals surface area contributed by atoms with E-state index >= 15 is 0 Å². The Morgan fingerprint density at radius 1 is 0.907 bits per heavy atom. The zero-order valence-electron chi connectivity index (χ0n) is 22.0. The number of benzene rings is 2. The topological polar surface area (TPSA) is 114 Å². The van der Waals surface area contributed by atoms with Gasteiger partial charge in [0.05, 0.1) is 30.2 Å². The predicted octanol–water partition coefficient (Wildman–Crippen LogP) is 5.25. The van der Waals surface area contributed by atoms with E-state index in [1.807, 2.05) is 24.6 Å². The Morgan fingerprint density at radius 3 is 1.86 bits per heavy atom. The Bertz CT molecular complexity index is 1650. The summed E-state index contributed by atoms with van der Waals surface area (Å²) >= 11 is 14.3. The van der Waals surface area contributed by atoms with Gasteiger partial charge in [0, 0.05) is 27.0 Å². The van der Waals surface area contributed by atoms with Gasteiger partial charge in [-0.15, -0.1) is 17.9 Å². The minimum Gasteiger partial charge on any atom is -0.545 e. The van der Waals surface area contributed by atoms with Crippen LogP contribution in [0.15, 0.2) is 135 Å². The molecule has 11 heteroatoms. The van der Waals surface area contributed by atoms with Crippen molar-refractivity contribution in [1.82, 2.24) is 0 Å². The van der Waals surface area contributed by atoms with Crippen molar-refractivity contribution < 1.29 is 28.2 Å². The largest absolute Gasteiger partial charge is 2.00 e. The maximum absolute atomic E-state index is 12.0. The maximum atomic E-state index is 12.0. The molecule has 0 saturated carbocycles. The van der Waals surface area contributed by atoms with Gasteiger partial charge in [-0.25, -0.2) is 8.42 Å². The molecule has 2 aromatic carbocycles. The van der Waals surface area contributed by atoms with Crippen LogP contribution >= 0.6 is 39.1 Å². The molecule has 0 saturated heterocycles. The molecule has 0 aliphatic heterocycles. The summed E-state index contributed by atoms with van der Waals surface area (Å²) in [5.41, 5.74) is 5.81. The fourth-order valence-corrected chi connectivity index (χ4v) is 4.65. The van der Waals surface area contributed by atoms with Crippen molar-refractivity contribution in [2.24, 2.45) is 0 Å². The van der Waals surface area contributed by atoms with Crippen molar-refractivity contribution in [2.45, 2.75) is 0 Å². The maximum Gasteiger partial charge on any atom is 2.00 e. The van der Waals surface area contributed by atoms with E-state index in [1.54, 1.807) is 61.1 Å². The predicted molar refractivity (Wildman–Crippen MR) is 170 cm³/mol. The Labute approximate surface area is 288 Å². The van der Waals surface area contributed by atoms with Gasteiger partial charge in [-0.1, -0.05) is 63.4 Å². The monoisotopic (exact) mass is 890 g/mol. The quantitative estimate of drug-likeness (QED) is 0.236. The van der Waals surface area contributed by atoms with Crippen molar-refractivity contribution in [3.63, 3.8) is 0 Å². The molecule has 0 spiro atoms. The van der Waals surface area contributed by atoms with E-state index in [9.17, 15) is 28.2 Å². The first kappa shape index (κ1) is 37.8. The van der Waals surface area contributed by atoms with Crippen LogP contribution in [0.4, 0.5) is 0 Å². The first-order valence-electron chi connectivity index (χ1n) is 11.7. The number of rotatable bonds is 4. The Balaban J connectivity index is 0.000000295. The second-order valence-corrected chi connectivity index (χ2v) is 11.4. The Hall–Kier alpha value is -3.21. The fraction of sp³-hybridized carbons (Fsp3) is 0. The second-order valence-electron chi connectivity index (χ2n) is 7.77. The van der Waals surface area contributed by atoms with Crippen LogP contribution in [0.5, 0.6) is 0 Å². The molecule has 216 valence electrons. The number of carboxylic acids is 2. The third-order valence-electron chi connectivity index (χ3n) is 4.74. The van der Waals surface area contributed by atoms with Crippen molar-refractivity contribution in [2.75, 3.05) is 0 Å². The molecule has 3 aliphatic carbocycles. The van der Waals surface area contributed by atoms with Gasteiger partial charge in [0.25, 0.3) is 0 Å². The van der Waals surface area contributed by atoms with E-state index in [4.69, 9.17) is 23.2 Å². The molecule has 2 aromatic rings. The normalized spacial score (nSPS) is 13.3. The number of allylic oxidation sites excluding steroid dienone is 10. The number of carbonyl (C=O) groups excluding carboxylic acids is 2. The van der Waals surface area contributed by atoms with Crippen molar-refractivity contribution in [3.8, 4) is 0 Å². The molecular weight excluding hydrogens is 872 g/mol. The van der Waals surface area contributed by atoms with E-state index in [0.29, 0.717) is 10.0 Å². The van der Waals surface area contributed by atoms with Crippen LogP contribution in [-0.2, 0) is 9.84 Å². The average molecular weight is 892 g/mol. The fourth-order valence-electron chi connectivity index (χ4n) is 2.80. The summed E-state index contributed by atoms with van der Waals surface area (Å²) in [7, 11) is -3.45. The minimum absolute atomic E-state index is 0. The summed E-state index contributed by atoms with van der Waals surface area (Å²) < 4.78 is 25.0. The summed E-state index contributed by atoms with van der Waals surface area (Å²) in [5.74, 6) is -2.41. The zero-order chi connectivity index (χ0) is 31.0. The Morgan fingerprint density at radius 2 is 1.51 bits per heavy atom. The molecule has 5 rings (SSSR count). The molecule has 0 N–H and O–H groups in total.